The minimum absolute atomic E-state index is 0.00680. The summed E-state index contributed by atoms with van der Waals surface area (Å²) in [5, 5.41) is 7.28. The number of aryl methyl sites for hydroxylation is 1. The maximum Gasteiger partial charge on any atom is 0.255 e. The van der Waals surface area contributed by atoms with Gasteiger partial charge in [0.2, 0.25) is 0 Å². The Morgan fingerprint density at radius 3 is 2.50 bits per heavy atom. The van der Waals surface area contributed by atoms with Crippen LogP contribution in [-0.2, 0) is 7.05 Å². The van der Waals surface area contributed by atoms with Gasteiger partial charge in [-0.05, 0) is 33.7 Å². The molecule has 100 valence electrons. The van der Waals surface area contributed by atoms with E-state index in [1.807, 2.05) is 14.0 Å². The molecule has 5 heteroatoms. The van der Waals surface area contributed by atoms with E-state index < -0.39 is 0 Å². The molecule has 5 nitrogen and oxygen atoms in total. The Balaban J connectivity index is 2.05. The summed E-state index contributed by atoms with van der Waals surface area (Å²) in [6, 6.07) is 0. The first-order chi connectivity index (χ1) is 8.41. The molecule has 0 saturated carbocycles. The minimum Gasteiger partial charge on any atom is -0.347 e. The van der Waals surface area contributed by atoms with Crippen molar-refractivity contribution in [3.05, 3.63) is 17.5 Å². The fourth-order valence-corrected chi connectivity index (χ4v) is 2.30. The average Bonchev–Trinajstić information content (AvgIpc) is 2.64. The number of hydrogen-bond donors (Lipinski definition) is 1. The van der Waals surface area contributed by atoms with Crippen molar-refractivity contribution in [2.45, 2.75) is 32.2 Å². The summed E-state index contributed by atoms with van der Waals surface area (Å²) in [6.45, 7) is 6.11. The second-order valence-electron chi connectivity index (χ2n) is 5.59. The zero-order valence-electron chi connectivity index (χ0n) is 11.7. The van der Waals surface area contributed by atoms with E-state index in [9.17, 15) is 4.79 Å². The van der Waals surface area contributed by atoms with Crippen LogP contribution in [0.15, 0.2) is 6.20 Å². The second kappa shape index (κ2) is 4.72. The molecule has 18 heavy (non-hydrogen) atoms. The first-order valence-electron chi connectivity index (χ1n) is 6.41. The van der Waals surface area contributed by atoms with Gasteiger partial charge in [0.05, 0.1) is 11.8 Å². The lowest BCUT2D eigenvalue weighted by Gasteiger charge is -2.38. The normalized spacial score (nSPS) is 19.8. The zero-order valence-corrected chi connectivity index (χ0v) is 11.7. The van der Waals surface area contributed by atoms with Gasteiger partial charge < -0.3 is 10.2 Å². The van der Waals surface area contributed by atoms with Crippen LogP contribution in [-0.4, -0.2) is 46.3 Å². The standard InChI is InChI=1S/C13H22N4O/c1-10-11(9-14-17(10)4)12(18)15-13(2)5-7-16(3)8-6-13/h9H,5-8H2,1-4H3,(H,15,18). The van der Waals surface area contributed by atoms with Gasteiger partial charge in [-0.25, -0.2) is 0 Å². The summed E-state index contributed by atoms with van der Waals surface area (Å²) in [5.74, 6) is -0.00680. The number of amides is 1. The Kier molecular flexibility index (Phi) is 3.43. The number of nitrogens with zero attached hydrogens (tertiary/aromatic N) is 3. The van der Waals surface area contributed by atoms with Crippen molar-refractivity contribution in [2.24, 2.45) is 7.05 Å². The molecule has 1 fully saturated rings. The summed E-state index contributed by atoms with van der Waals surface area (Å²) < 4.78 is 1.73. The van der Waals surface area contributed by atoms with Gasteiger partial charge in [-0.2, -0.15) is 5.10 Å². The second-order valence-corrected chi connectivity index (χ2v) is 5.59. The Labute approximate surface area is 108 Å². The number of rotatable bonds is 2. The molecule has 2 rings (SSSR count). The van der Waals surface area contributed by atoms with Crippen LogP contribution < -0.4 is 5.32 Å². The van der Waals surface area contributed by atoms with Gasteiger partial charge in [-0.1, -0.05) is 0 Å². The quantitative estimate of drug-likeness (QED) is 0.850. The van der Waals surface area contributed by atoms with Crippen molar-refractivity contribution < 1.29 is 4.79 Å². The maximum atomic E-state index is 12.3. The zero-order chi connectivity index (χ0) is 13.3. The van der Waals surface area contributed by atoms with Gasteiger partial charge in [0, 0.05) is 31.4 Å². The minimum atomic E-state index is -0.0914. The van der Waals surface area contributed by atoms with E-state index in [4.69, 9.17) is 0 Å². The van der Waals surface area contributed by atoms with Crippen LogP contribution in [0, 0.1) is 6.92 Å². The van der Waals surface area contributed by atoms with Crippen LogP contribution in [0.25, 0.3) is 0 Å². The van der Waals surface area contributed by atoms with E-state index in [0.29, 0.717) is 5.56 Å². The number of likely N-dealkylation sites (tertiary alicyclic amines) is 1. The van der Waals surface area contributed by atoms with Crippen LogP contribution in [0.3, 0.4) is 0 Å². The highest BCUT2D eigenvalue weighted by Crippen LogP contribution is 2.21. The molecule has 1 saturated heterocycles. The van der Waals surface area contributed by atoms with Crippen molar-refractivity contribution in [1.82, 2.24) is 20.0 Å². The molecule has 1 aromatic heterocycles. The Hall–Kier alpha value is -1.36. The molecule has 0 atom stereocenters. The van der Waals surface area contributed by atoms with Gasteiger partial charge in [0.15, 0.2) is 0 Å². The molecule has 1 N–H and O–H groups in total. The van der Waals surface area contributed by atoms with Crippen molar-refractivity contribution in [2.75, 3.05) is 20.1 Å². The summed E-state index contributed by atoms with van der Waals surface area (Å²) in [4.78, 5) is 14.6. The Bertz CT molecular complexity index is 444. The summed E-state index contributed by atoms with van der Waals surface area (Å²) in [6.07, 6.45) is 3.63. The van der Waals surface area contributed by atoms with E-state index in [0.717, 1.165) is 31.6 Å². The van der Waals surface area contributed by atoms with E-state index in [-0.39, 0.29) is 11.4 Å². The van der Waals surface area contributed by atoms with Crippen LogP contribution >= 0.6 is 0 Å². The first kappa shape index (κ1) is 13.1. The molecule has 0 radical (unpaired) electrons. The van der Waals surface area contributed by atoms with Crippen LogP contribution in [0.2, 0.25) is 0 Å². The number of aromatic nitrogens is 2. The molecule has 1 amide bonds. The molecule has 1 aliphatic rings. The third-order valence-electron chi connectivity index (χ3n) is 3.99. The van der Waals surface area contributed by atoms with E-state index in [1.54, 1.807) is 10.9 Å². The van der Waals surface area contributed by atoms with Crippen molar-refractivity contribution in [3.63, 3.8) is 0 Å². The Morgan fingerprint density at radius 2 is 2.00 bits per heavy atom. The number of piperidine rings is 1. The monoisotopic (exact) mass is 250 g/mol. The topological polar surface area (TPSA) is 50.2 Å². The number of carbonyl (C=O) groups is 1. The maximum absolute atomic E-state index is 12.3. The molecular formula is C13H22N4O. The summed E-state index contributed by atoms with van der Waals surface area (Å²) in [5.41, 5.74) is 1.49. The fraction of sp³-hybridized carbons (Fsp3) is 0.692. The third kappa shape index (κ3) is 2.56. The van der Waals surface area contributed by atoms with Crippen molar-refractivity contribution in [1.29, 1.82) is 0 Å². The molecule has 1 aromatic rings. The Morgan fingerprint density at radius 1 is 1.39 bits per heavy atom. The molecule has 1 aliphatic heterocycles. The molecule has 0 spiro atoms. The number of nitrogens with one attached hydrogen (secondary N) is 1. The van der Waals surface area contributed by atoms with E-state index >= 15 is 0 Å². The highest BCUT2D eigenvalue weighted by atomic mass is 16.1. The van der Waals surface area contributed by atoms with Crippen molar-refractivity contribution >= 4 is 5.91 Å². The smallest absolute Gasteiger partial charge is 0.255 e. The van der Waals surface area contributed by atoms with Crippen LogP contribution in [0.1, 0.15) is 35.8 Å². The number of hydrogen-bond acceptors (Lipinski definition) is 3. The fourth-order valence-electron chi connectivity index (χ4n) is 2.30. The predicted octanol–water partition coefficient (Wildman–Crippen LogP) is 0.943. The highest BCUT2D eigenvalue weighted by Gasteiger charge is 2.31. The van der Waals surface area contributed by atoms with Gasteiger partial charge >= 0.3 is 0 Å². The molecule has 0 aliphatic carbocycles. The molecule has 0 bridgehead atoms. The molecule has 0 aromatic carbocycles. The van der Waals surface area contributed by atoms with Gasteiger partial charge in [-0.15, -0.1) is 0 Å². The average molecular weight is 250 g/mol. The first-order valence-corrected chi connectivity index (χ1v) is 6.41. The third-order valence-corrected chi connectivity index (χ3v) is 3.99. The lowest BCUT2D eigenvalue weighted by molar-refractivity contribution is 0.0851. The van der Waals surface area contributed by atoms with Gasteiger partial charge in [0.1, 0.15) is 0 Å². The van der Waals surface area contributed by atoms with Gasteiger partial charge in [0.25, 0.3) is 5.91 Å². The lowest BCUT2D eigenvalue weighted by atomic mass is 9.89. The predicted molar refractivity (Wildman–Crippen MR) is 70.5 cm³/mol. The summed E-state index contributed by atoms with van der Waals surface area (Å²) in [7, 11) is 3.97. The van der Waals surface area contributed by atoms with Crippen LogP contribution in [0.5, 0.6) is 0 Å². The van der Waals surface area contributed by atoms with E-state index in [1.165, 1.54) is 0 Å². The summed E-state index contributed by atoms with van der Waals surface area (Å²) >= 11 is 0. The molecular weight excluding hydrogens is 228 g/mol. The largest absolute Gasteiger partial charge is 0.347 e. The highest BCUT2D eigenvalue weighted by molar-refractivity contribution is 5.95. The SMILES string of the molecule is Cc1c(C(=O)NC2(C)CCN(C)CC2)cnn1C. The van der Waals surface area contributed by atoms with Crippen molar-refractivity contribution in [3.8, 4) is 0 Å². The lowest BCUT2D eigenvalue weighted by Crippen LogP contribution is -2.52. The van der Waals surface area contributed by atoms with E-state index in [2.05, 4.69) is 29.3 Å². The number of carbonyl (C=O) groups excluding carboxylic acids is 1. The van der Waals surface area contributed by atoms with Crippen LogP contribution in [0.4, 0.5) is 0 Å². The van der Waals surface area contributed by atoms with Gasteiger partial charge in [-0.3, -0.25) is 9.48 Å². The molecule has 2 heterocycles. The molecule has 0 unspecified atom stereocenters.